The first-order valence-electron chi connectivity index (χ1n) is 4.29. The van der Waals surface area contributed by atoms with Crippen LogP contribution in [0.2, 0.25) is 0 Å². The molecule has 0 saturated heterocycles. The molecular formula is C9H18O4. The third kappa shape index (κ3) is 11.4. The van der Waals surface area contributed by atoms with Crippen LogP contribution in [0.25, 0.3) is 0 Å². The molecule has 4 heteroatoms. The Morgan fingerprint density at radius 3 is 2.54 bits per heavy atom. The van der Waals surface area contributed by atoms with Crippen molar-refractivity contribution >= 4 is 0 Å². The molecule has 0 rings (SSSR count). The quantitative estimate of drug-likeness (QED) is 0.183. The fourth-order valence-corrected chi connectivity index (χ4v) is 0.650. The summed E-state index contributed by atoms with van der Waals surface area (Å²) in [6.45, 7) is 6.91. The SMILES string of the molecule is C=C(C)OCOCCCCOOC. The van der Waals surface area contributed by atoms with E-state index in [2.05, 4.69) is 16.4 Å². The van der Waals surface area contributed by atoms with E-state index in [1.807, 2.05) is 0 Å². The fraction of sp³-hybridized carbons (Fsp3) is 0.778. The molecule has 0 aliphatic carbocycles. The standard InChI is InChI=1S/C9H18O4/c1-9(2)12-8-11-6-4-5-7-13-10-3/h1,4-8H2,2-3H3. The second kappa shape index (κ2) is 9.51. The molecule has 0 radical (unpaired) electrons. The molecule has 0 aromatic heterocycles. The predicted octanol–water partition coefficient (Wildman–Crippen LogP) is 1.87. The highest BCUT2D eigenvalue weighted by Gasteiger charge is 1.90. The molecule has 0 bridgehead atoms. The molecule has 0 aromatic carbocycles. The van der Waals surface area contributed by atoms with Crippen molar-refractivity contribution in [1.29, 1.82) is 0 Å². The molecule has 0 atom stereocenters. The molecule has 0 heterocycles. The van der Waals surface area contributed by atoms with Gasteiger partial charge in [0.15, 0.2) is 6.79 Å². The zero-order valence-electron chi connectivity index (χ0n) is 8.38. The van der Waals surface area contributed by atoms with Crippen LogP contribution in [-0.4, -0.2) is 27.1 Å². The Balaban J connectivity index is 2.87. The monoisotopic (exact) mass is 190 g/mol. The molecule has 13 heavy (non-hydrogen) atoms. The normalized spacial score (nSPS) is 10.0. The smallest absolute Gasteiger partial charge is 0.188 e. The van der Waals surface area contributed by atoms with E-state index in [0.717, 1.165) is 12.8 Å². The van der Waals surface area contributed by atoms with Crippen LogP contribution in [0, 0.1) is 0 Å². The summed E-state index contributed by atoms with van der Waals surface area (Å²) in [5.41, 5.74) is 0. The van der Waals surface area contributed by atoms with Crippen LogP contribution < -0.4 is 0 Å². The maximum atomic E-state index is 5.15. The van der Waals surface area contributed by atoms with Gasteiger partial charge in [-0.15, -0.1) is 0 Å². The van der Waals surface area contributed by atoms with Gasteiger partial charge in [0.25, 0.3) is 0 Å². The maximum Gasteiger partial charge on any atom is 0.188 e. The van der Waals surface area contributed by atoms with E-state index in [9.17, 15) is 0 Å². The minimum absolute atomic E-state index is 0.278. The van der Waals surface area contributed by atoms with Crippen molar-refractivity contribution in [2.45, 2.75) is 19.8 Å². The summed E-state index contributed by atoms with van der Waals surface area (Å²) < 4.78 is 10.1. The van der Waals surface area contributed by atoms with E-state index in [1.54, 1.807) is 6.92 Å². The van der Waals surface area contributed by atoms with Gasteiger partial charge in [-0.05, 0) is 19.8 Å². The van der Waals surface area contributed by atoms with Crippen LogP contribution in [0.4, 0.5) is 0 Å². The molecule has 0 saturated carbocycles. The molecule has 0 amide bonds. The van der Waals surface area contributed by atoms with Crippen molar-refractivity contribution in [3.63, 3.8) is 0 Å². The summed E-state index contributed by atoms with van der Waals surface area (Å²) >= 11 is 0. The van der Waals surface area contributed by atoms with Gasteiger partial charge in [-0.3, -0.25) is 0 Å². The van der Waals surface area contributed by atoms with Gasteiger partial charge in [-0.1, -0.05) is 6.58 Å². The highest BCUT2D eigenvalue weighted by atomic mass is 17.2. The third-order valence-electron chi connectivity index (χ3n) is 1.27. The first kappa shape index (κ1) is 12.4. The van der Waals surface area contributed by atoms with Gasteiger partial charge < -0.3 is 9.47 Å². The number of ether oxygens (including phenoxy) is 2. The van der Waals surface area contributed by atoms with E-state index < -0.39 is 0 Å². The summed E-state index contributed by atoms with van der Waals surface area (Å²) in [4.78, 5) is 9.10. The zero-order chi connectivity index (χ0) is 9.94. The van der Waals surface area contributed by atoms with Gasteiger partial charge >= 0.3 is 0 Å². The molecule has 0 unspecified atom stereocenters. The van der Waals surface area contributed by atoms with Gasteiger partial charge in [0.1, 0.15) is 0 Å². The molecule has 4 nitrogen and oxygen atoms in total. The van der Waals surface area contributed by atoms with Crippen LogP contribution in [0.3, 0.4) is 0 Å². The fourth-order valence-electron chi connectivity index (χ4n) is 0.650. The molecular weight excluding hydrogens is 172 g/mol. The Bertz CT molecular complexity index is 125. The summed E-state index contributed by atoms with van der Waals surface area (Å²) in [5.74, 6) is 0.669. The van der Waals surface area contributed by atoms with E-state index >= 15 is 0 Å². The van der Waals surface area contributed by atoms with E-state index in [0.29, 0.717) is 19.0 Å². The lowest BCUT2D eigenvalue weighted by Crippen LogP contribution is -2.01. The summed E-state index contributed by atoms with van der Waals surface area (Å²) in [5, 5.41) is 0. The lowest BCUT2D eigenvalue weighted by molar-refractivity contribution is -0.273. The first-order chi connectivity index (χ1) is 6.27. The van der Waals surface area contributed by atoms with E-state index in [4.69, 9.17) is 9.47 Å². The van der Waals surface area contributed by atoms with Gasteiger partial charge in [-0.2, -0.15) is 0 Å². The van der Waals surface area contributed by atoms with Crippen LogP contribution >= 0.6 is 0 Å². The average molecular weight is 190 g/mol. The second-order valence-electron chi connectivity index (χ2n) is 2.57. The molecule has 0 aromatic rings. The molecule has 0 N–H and O–H groups in total. The van der Waals surface area contributed by atoms with Crippen molar-refractivity contribution in [2.24, 2.45) is 0 Å². The molecule has 0 fully saturated rings. The summed E-state index contributed by atoms with van der Waals surface area (Å²) in [6.07, 6.45) is 1.85. The molecule has 0 aliphatic rings. The van der Waals surface area contributed by atoms with Gasteiger partial charge in [0.2, 0.25) is 0 Å². The van der Waals surface area contributed by atoms with Crippen molar-refractivity contribution < 1.29 is 19.2 Å². The molecule has 0 spiro atoms. The number of allylic oxidation sites excluding steroid dienone is 1. The van der Waals surface area contributed by atoms with Crippen molar-refractivity contribution in [1.82, 2.24) is 0 Å². The Morgan fingerprint density at radius 1 is 1.23 bits per heavy atom. The Morgan fingerprint density at radius 2 is 1.92 bits per heavy atom. The average Bonchev–Trinajstić information content (AvgIpc) is 2.09. The zero-order valence-corrected chi connectivity index (χ0v) is 8.38. The van der Waals surface area contributed by atoms with Crippen molar-refractivity contribution in [2.75, 3.05) is 27.1 Å². The number of hydrogen-bond donors (Lipinski definition) is 0. The van der Waals surface area contributed by atoms with Gasteiger partial charge in [0.05, 0.1) is 26.1 Å². The topological polar surface area (TPSA) is 36.9 Å². The van der Waals surface area contributed by atoms with Crippen molar-refractivity contribution in [3.8, 4) is 0 Å². The number of rotatable bonds is 9. The van der Waals surface area contributed by atoms with E-state index in [-0.39, 0.29) is 6.79 Å². The van der Waals surface area contributed by atoms with Crippen LogP contribution in [0.1, 0.15) is 19.8 Å². The van der Waals surface area contributed by atoms with E-state index in [1.165, 1.54) is 7.11 Å². The minimum atomic E-state index is 0.278. The first-order valence-corrected chi connectivity index (χ1v) is 4.29. The minimum Gasteiger partial charge on any atom is -0.473 e. The molecule has 0 aliphatic heterocycles. The summed E-state index contributed by atoms with van der Waals surface area (Å²) in [7, 11) is 1.50. The van der Waals surface area contributed by atoms with Crippen LogP contribution in [0.15, 0.2) is 12.3 Å². The Hall–Kier alpha value is -0.580. The third-order valence-corrected chi connectivity index (χ3v) is 1.27. The van der Waals surface area contributed by atoms with Crippen molar-refractivity contribution in [3.05, 3.63) is 12.3 Å². The lowest BCUT2D eigenvalue weighted by Gasteiger charge is -2.05. The predicted molar refractivity (Wildman–Crippen MR) is 48.9 cm³/mol. The lowest BCUT2D eigenvalue weighted by atomic mass is 10.3. The second-order valence-corrected chi connectivity index (χ2v) is 2.57. The van der Waals surface area contributed by atoms with Gasteiger partial charge in [0, 0.05) is 0 Å². The van der Waals surface area contributed by atoms with Crippen LogP contribution in [0.5, 0.6) is 0 Å². The maximum absolute atomic E-state index is 5.15. The summed E-state index contributed by atoms with van der Waals surface area (Å²) in [6, 6.07) is 0. The highest BCUT2D eigenvalue weighted by Crippen LogP contribution is 1.94. The highest BCUT2D eigenvalue weighted by molar-refractivity contribution is 4.72. The number of unbranched alkanes of at least 4 members (excludes halogenated alkanes) is 1. The molecule has 78 valence electrons. The Kier molecular flexibility index (Phi) is 9.08. The van der Waals surface area contributed by atoms with Crippen LogP contribution in [-0.2, 0) is 19.2 Å². The Labute approximate surface area is 79.4 Å². The van der Waals surface area contributed by atoms with Gasteiger partial charge in [-0.25, -0.2) is 9.78 Å². The largest absolute Gasteiger partial charge is 0.473 e. The number of hydrogen-bond acceptors (Lipinski definition) is 4.